The number of hydrogen-bond acceptors (Lipinski definition) is 2. The summed E-state index contributed by atoms with van der Waals surface area (Å²) >= 11 is 5.40. The van der Waals surface area contributed by atoms with Crippen molar-refractivity contribution in [2.75, 3.05) is 5.01 Å². The van der Waals surface area contributed by atoms with E-state index in [9.17, 15) is 0 Å². The summed E-state index contributed by atoms with van der Waals surface area (Å²) in [6, 6.07) is 10.1. The largest absolute Gasteiger partial charge is 0.342 e. The number of hydrogen-bond donors (Lipinski definition) is 2. The van der Waals surface area contributed by atoms with E-state index >= 15 is 0 Å². The highest BCUT2D eigenvalue weighted by Crippen LogP contribution is 2.23. The van der Waals surface area contributed by atoms with E-state index in [2.05, 4.69) is 43.6 Å². The maximum Gasteiger partial charge on any atom is 0.189 e. The van der Waals surface area contributed by atoms with Crippen LogP contribution in [-0.4, -0.2) is 10.8 Å². The van der Waals surface area contributed by atoms with Crippen molar-refractivity contribution in [3.8, 4) is 0 Å². The van der Waals surface area contributed by atoms with Crippen molar-refractivity contribution in [3.05, 3.63) is 30.3 Å². The third-order valence-corrected chi connectivity index (χ3v) is 3.47. The predicted octanol–water partition coefficient (Wildman–Crippen LogP) is 3.04. The van der Waals surface area contributed by atoms with Crippen LogP contribution in [0.4, 0.5) is 5.69 Å². The van der Waals surface area contributed by atoms with Gasteiger partial charge in [-0.2, -0.15) is 0 Å². The van der Waals surface area contributed by atoms with E-state index in [1.165, 1.54) is 6.42 Å². The van der Waals surface area contributed by atoms with Crippen molar-refractivity contribution in [2.24, 2.45) is 5.92 Å². The van der Waals surface area contributed by atoms with Crippen molar-refractivity contribution >= 4 is 23.0 Å². The molecule has 0 spiro atoms. The van der Waals surface area contributed by atoms with Gasteiger partial charge < -0.3 is 5.32 Å². The fourth-order valence-corrected chi connectivity index (χ4v) is 2.45. The van der Waals surface area contributed by atoms with Crippen molar-refractivity contribution in [3.63, 3.8) is 0 Å². The smallest absolute Gasteiger partial charge is 0.189 e. The minimum atomic E-state index is -0.142. The molecular weight excluding hydrogens is 242 g/mol. The first-order valence-corrected chi connectivity index (χ1v) is 6.86. The molecule has 1 aliphatic rings. The first-order valence-electron chi connectivity index (χ1n) is 6.45. The molecule has 3 nitrogen and oxygen atoms in total. The fourth-order valence-electron chi connectivity index (χ4n) is 2.07. The normalized spacial score (nSPS) is 23.6. The van der Waals surface area contributed by atoms with Crippen molar-refractivity contribution < 1.29 is 0 Å². The highest BCUT2D eigenvalue weighted by atomic mass is 32.1. The van der Waals surface area contributed by atoms with Gasteiger partial charge in [0, 0.05) is 0 Å². The molecule has 2 rings (SSSR count). The Morgan fingerprint density at radius 2 is 1.94 bits per heavy atom. The summed E-state index contributed by atoms with van der Waals surface area (Å²) in [5.74, 6) is 0.699. The Kier molecular flexibility index (Phi) is 3.88. The molecule has 1 atom stereocenters. The Bertz CT molecular complexity index is 418. The van der Waals surface area contributed by atoms with Gasteiger partial charge in [0.15, 0.2) is 5.11 Å². The lowest BCUT2D eigenvalue weighted by atomic mass is 10.0. The van der Waals surface area contributed by atoms with Crippen LogP contribution in [0.5, 0.6) is 0 Å². The molecule has 1 saturated heterocycles. The summed E-state index contributed by atoms with van der Waals surface area (Å²) in [6.45, 7) is 6.64. The fraction of sp³-hybridized carbons (Fsp3) is 0.500. The molecule has 1 aromatic rings. The third-order valence-electron chi connectivity index (χ3n) is 3.18. The van der Waals surface area contributed by atoms with Gasteiger partial charge in [-0.15, -0.1) is 0 Å². The maximum absolute atomic E-state index is 5.40. The van der Waals surface area contributed by atoms with Crippen molar-refractivity contribution in [1.82, 2.24) is 10.7 Å². The molecule has 2 N–H and O–H groups in total. The zero-order chi connectivity index (χ0) is 13.2. The Balaban J connectivity index is 2.07. The number of rotatable bonds is 4. The van der Waals surface area contributed by atoms with Crippen LogP contribution in [0.3, 0.4) is 0 Å². The molecule has 0 amide bonds. The minimum Gasteiger partial charge on any atom is -0.342 e. The van der Waals surface area contributed by atoms with Crippen molar-refractivity contribution in [2.45, 2.75) is 39.3 Å². The van der Waals surface area contributed by atoms with Crippen LogP contribution >= 0.6 is 12.2 Å². The van der Waals surface area contributed by atoms with Gasteiger partial charge in [-0.3, -0.25) is 5.01 Å². The van der Waals surface area contributed by atoms with E-state index in [0.29, 0.717) is 5.92 Å². The summed E-state index contributed by atoms with van der Waals surface area (Å²) in [6.07, 6.45) is 2.22. The van der Waals surface area contributed by atoms with Gasteiger partial charge in [0.05, 0.1) is 5.69 Å². The van der Waals surface area contributed by atoms with E-state index in [1.54, 1.807) is 0 Å². The topological polar surface area (TPSA) is 27.3 Å². The van der Waals surface area contributed by atoms with Crippen LogP contribution in [-0.2, 0) is 0 Å². The van der Waals surface area contributed by atoms with Gasteiger partial charge in [0.25, 0.3) is 0 Å². The number of nitrogens with one attached hydrogen (secondary N) is 2. The molecule has 4 heteroatoms. The van der Waals surface area contributed by atoms with Gasteiger partial charge in [-0.1, -0.05) is 32.0 Å². The number of para-hydroxylation sites is 1. The van der Waals surface area contributed by atoms with Crippen LogP contribution in [0.15, 0.2) is 30.3 Å². The molecule has 0 bridgehead atoms. The third kappa shape index (κ3) is 3.00. The van der Waals surface area contributed by atoms with Crippen LogP contribution in [0, 0.1) is 5.92 Å². The average molecular weight is 263 g/mol. The van der Waals surface area contributed by atoms with E-state index < -0.39 is 0 Å². The minimum absolute atomic E-state index is 0.142. The summed E-state index contributed by atoms with van der Waals surface area (Å²) < 4.78 is 0. The summed E-state index contributed by atoms with van der Waals surface area (Å²) in [7, 11) is 0. The first kappa shape index (κ1) is 13.3. The van der Waals surface area contributed by atoms with E-state index in [4.69, 9.17) is 12.2 Å². The summed E-state index contributed by atoms with van der Waals surface area (Å²) in [5.41, 5.74) is 4.40. The van der Waals surface area contributed by atoms with Crippen LogP contribution < -0.4 is 15.8 Å². The molecule has 0 aromatic heterocycles. The zero-order valence-electron chi connectivity index (χ0n) is 11.2. The Hall–Kier alpha value is -1.13. The SMILES string of the molecule is CC(C)CCC1(C)NC(=S)N(c2ccccc2)N1. The molecule has 1 heterocycles. The molecule has 0 aliphatic carbocycles. The number of nitrogens with zero attached hydrogens (tertiary/aromatic N) is 1. The second-order valence-corrected chi connectivity index (χ2v) is 5.86. The monoisotopic (exact) mass is 263 g/mol. The van der Waals surface area contributed by atoms with Crippen LogP contribution in [0.25, 0.3) is 0 Å². The first-order chi connectivity index (χ1) is 8.50. The standard InChI is InChI=1S/C14H21N3S/c1-11(2)9-10-14(3)15-13(18)17(16-14)12-7-5-4-6-8-12/h4-8,11,16H,9-10H2,1-3H3,(H,15,18). The summed E-state index contributed by atoms with van der Waals surface area (Å²) in [4.78, 5) is 0. The molecule has 0 saturated carbocycles. The van der Waals surface area contributed by atoms with Crippen molar-refractivity contribution in [1.29, 1.82) is 0 Å². The highest BCUT2D eigenvalue weighted by Gasteiger charge is 2.36. The van der Waals surface area contributed by atoms with Crippen LogP contribution in [0.1, 0.15) is 33.6 Å². The number of thiocarbonyl (C=S) groups is 1. The molecule has 18 heavy (non-hydrogen) atoms. The lowest BCUT2D eigenvalue weighted by molar-refractivity contribution is 0.318. The number of anilines is 1. The Morgan fingerprint density at radius 3 is 2.56 bits per heavy atom. The number of hydrazine groups is 1. The van der Waals surface area contributed by atoms with Gasteiger partial charge >= 0.3 is 0 Å². The zero-order valence-corrected chi connectivity index (χ0v) is 12.1. The lowest BCUT2D eigenvalue weighted by Gasteiger charge is -2.26. The van der Waals surface area contributed by atoms with Crippen LogP contribution in [0.2, 0.25) is 0 Å². The molecule has 1 aromatic carbocycles. The highest BCUT2D eigenvalue weighted by molar-refractivity contribution is 7.80. The molecule has 1 fully saturated rings. The maximum atomic E-state index is 5.40. The molecule has 1 aliphatic heterocycles. The Morgan fingerprint density at radius 1 is 1.28 bits per heavy atom. The molecular formula is C14H21N3S. The van der Waals surface area contributed by atoms with E-state index in [1.807, 2.05) is 23.2 Å². The predicted molar refractivity (Wildman–Crippen MR) is 80.3 cm³/mol. The van der Waals surface area contributed by atoms with Gasteiger partial charge in [-0.25, -0.2) is 5.43 Å². The lowest BCUT2D eigenvalue weighted by Crippen LogP contribution is -2.48. The Labute approximate surface area is 115 Å². The second kappa shape index (κ2) is 5.24. The average Bonchev–Trinajstić information content (AvgIpc) is 2.64. The summed E-state index contributed by atoms with van der Waals surface area (Å²) in [5, 5.41) is 6.08. The van der Waals surface area contributed by atoms with Gasteiger partial charge in [-0.05, 0) is 50.0 Å². The van der Waals surface area contributed by atoms with E-state index in [-0.39, 0.29) is 5.66 Å². The second-order valence-electron chi connectivity index (χ2n) is 5.48. The quantitative estimate of drug-likeness (QED) is 0.817. The van der Waals surface area contributed by atoms with Gasteiger partial charge in [0.1, 0.15) is 5.66 Å². The van der Waals surface area contributed by atoms with E-state index in [0.717, 1.165) is 17.2 Å². The van der Waals surface area contributed by atoms with Gasteiger partial charge in [0.2, 0.25) is 0 Å². The molecule has 1 unspecified atom stereocenters. The molecule has 0 radical (unpaired) electrons. The number of benzene rings is 1. The molecule has 98 valence electrons.